The van der Waals surface area contributed by atoms with Crippen LogP contribution < -0.4 is 21.7 Å². The summed E-state index contributed by atoms with van der Waals surface area (Å²) in [5, 5.41) is 11.6. The lowest BCUT2D eigenvalue weighted by Crippen LogP contribution is -2.41. The van der Waals surface area contributed by atoms with Gasteiger partial charge in [0.15, 0.2) is 22.8 Å². The molecule has 240 valence electrons. The van der Waals surface area contributed by atoms with Crippen molar-refractivity contribution in [3.63, 3.8) is 0 Å². The van der Waals surface area contributed by atoms with E-state index in [1.165, 1.54) is 19.8 Å². The average molecular weight is 649 g/mol. The SMILES string of the molecule is CC(=O)c1cccc(NC(=O)ON2CCC(Nc3nc(N[C@H]4CC[C@H](N)CC4)nc4c3ncn4C3CCCC3)CC2)c1.Cl.Cl. The van der Waals surface area contributed by atoms with Gasteiger partial charge in [-0.1, -0.05) is 25.0 Å². The number of benzene rings is 1. The molecule has 2 saturated carbocycles. The third-order valence-corrected chi connectivity index (χ3v) is 8.77. The molecule has 5 N–H and O–H groups in total. The summed E-state index contributed by atoms with van der Waals surface area (Å²) >= 11 is 0. The van der Waals surface area contributed by atoms with E-state index >= 15 is 0 Å². The lowest BCUT2D eigenvalue weighted by Gasteiger charge is -2.31. The van der Waals surface area contributed by atoms with Crippen LogP contribution in [0, 0.1) is 0 Å². The number of halogens is 2. The second-order valence-electron chi connectivity index (χ2n) is 11.9. The fraction of sp³-hybridized carbons (Fsp3) is 0.567. The summed E-state index contributed by atoms with van der Waals surface area (Å²) in [6, 6.07) is 7.99. The summed E-state index contributed by atoms with van der Waals surface area (Å²) in [5.41, 5.74) is 8.86. The smallest absolute Gasteiger partial charge is 0.365 e. The number of carbonyl (C=O) groups is 2. The van der Waals surface area contributed by atoms with Crippen LogP contribution in [-0.4, -0.2) is 67.7 Å². The molecule has 0 spiro atoms. The maximum Gasteiger partial charge on any atom is 0.430 e. The molecule has 0 atom stereocenters. The fourth-order valence-corrected chi connectivity index (χ4v) is 6.34. The van der Waals surface area contributed by atoms with E-state index in [0.29, 0.717) is 42.4 Å². The highest BCUT2D eigenvalue weighted by Gasteiger charge is 2.27. The van der Waals surface area contributed by atoms with E-state index in [0.717, 1.165) is 68.3 Å². The third-order valence-electron chi connectivity index (χ3n) is 8.77. The topological polar surface area (TPSA) is 152 Å². The third kappa shape index (κ3) is 8.09. The number of imidazole rings is 1. The van der Waals surface area contributed by atoms with Crippen LogP contribution in [0.15, 0.2) is 30.6 Å². The van der Waals surface area contributed by atoms with E-state index in [1.54, 1.807) is 29.3 Å². The number of piperidine rings is 1. The van der Waals surface area contributed by atoms with Gasteiger partial charge >= 0.3 is 6.09 Å². The molecule has 2 aromatic heterocycles. The molecule has 1 aliphatic heterocycles. The van der Waals surface area contributed by atoms with E-state index in [4.69, 9.17) is 25.5 Å². The summed E-state index contributed by atoms with van der Waals surface area (Å²) in [6.45, 7) is 2.65. The maximum absolute atomic E-state index is 12.5. The fourth-order valence-electron chi connectivity index (χ4n) is 6.34. The Balaban J connectivity index is 0.00000221. The number of Topliss-reactive ketones (excluding diaryl/α,β-unsaturated/α-hetero) is 1. The van der Waals surface area contributed by atoms with E-state index in [-0.39, 0.29) is 42.7 Å². The lowest BCUT2D eigenvalue weighted by atomic mass is 9.92. The predicted octanol–water partition coefficient (Wildman–Crippen LogP) is 5.71. The van der Waals surface area contributed by atoms with Crippen LogP contribution in [0.3, 0.4) is 0 Å². The summed E-state index contributed by atoms with van der Waals surface area (Å²) < 4.78 is 2.23. The summed E-state index contributed by atoms with van der Waals surface area (Å²) in [7, 11) is 0. The van der Waals surface area contributed by atoms with Crippen LogP contribution in [0.5, 0.6) is 0 Å². The van der Waals surface area contributed by atoms with Crippen molar-refractivity contribution in [1.82, 2.24) is 24.6 Å². The largest absolute Gasteiger partial charge is 0.430 e. The Labute approximate surface area is 270 Å². The number of nitrogens with one attached hydrogen (secondary N) is 3. The number of anilines is 3. The van der Waals surface area contributed by atoms with Crippen LogP contribution in [0.2, 0.25) is 0 Å². The zero-order chi connectivity index (χ0) is 29.1. The molecular formula is C30H43Cl2N9O3. The Hall–Kier alpha value is -3.19. The normalized spacial score (nSPS) is 21.2. The summed E-state index contributed by atoms with van der Waals surface area (Å²) in [4.78, 5) is 44.3. The number of nitrogens with zero attached hydrogens (tertiary/aromatic N) is 5. The standard InChI is InChI=1S/C30H41N9O3.2ClH/c1-19(40)20-5-4-6-24(17-20)35-30(41)42-38-15-13-23(14-16-38)33-27-26-28(39(18-32-26)25-7-2-3-8-25)37-29(36-27)34-22-11-9-21(31)10-12-22;;/h4-6,17-18,21-23,25H,2-3,7-16,31H2,1H3,(H,35,41)(H2,33,34,36,37);2*1H/t21-,22-;;. The van der Waals surface area contributed by atoms with Gasteiger partial charge in [0.05, 0.1) is 6.33 Å². The number of carbonyl (C=O) groups excluding carboxylic acids is 2. The number of aromatic nitrogens is 4. The highest BCUT2D eigenvalue weighted by molar-refractivity contribution is 5.96. The molecular weight excluding hydrogens is 605 g/mol. The average Bonchev–Trinajstić information content (AvgIpc) is 3.66. The van der Waals surface area contributed by atoms with Crippen molar-refractivity contribution in [2.24, 2.45) is 5.73 Å². The molecule has 0 unspecified atom stereocenters. The minimum atomic E-state index is -0.573. The number of ketones is 1. The van der Waals surface area contributed by atoms with Crippen LogP contribution in [0.25, 0.3) is 11.2 Å². The molecule has 3 heterocycles. The second-order valence-corrected chi connectivity index (χ2v) is 11.9. The number of fused-ring (bicyclic) bond motifs is 1. The monoisotopic (exact) mass is 647 g/mol. The number of hydrogen-bond donors (Lipinski definition) is 4. The van der Waals surface area contributed by atoms with Gasteiger partial charge in [0.25, 0.3) is 0 Å². The molecule has 14 heteroatoms. The molecule has 0 radical (unpaired) electrons. The Kier molecular flexibility index (Phi) is 11.6. The predicted molar refractivity (Wildman–Crippen MR) is 176 cm³/mol. The van der Waals surface area contributed by atoms with Gasteiger partial charge < -0.3 is 25.8 Å². The molecule has 3 aliphatic rings. The van der Waals surface area contributed by atoms with E-state index < -0.39 is 6.09 Å². The first-order chi connectivity index (χ1) is 20.4. The minimum absolute atomic E-state index is 0. The van der Waals surface area contributed by atoms with E-state index in [2.05, 4.69) is 20.5 Å². The Bertz CT molecular complexity index is 1420. The van der Waals surface area contributed by atoms with Gasteiger partial charge in [-0.05, 0) is 70.4 Å². The van der Waals surface area contributed by atoms with Gasteiger partial charge in [-0.25, -0.2) is 9.78 Å². The second kappa shape index (κ2) is 15.2. The van der Waals surface area contributed by atoms with Crippen molar-refractivity contribution < 1.29 is 14.4 Å². The number of rotatable bonds is 8. The van der Waals surface area contributed by atoms with Crippen LogP contribution in [0.1, 0.15) is 87.5 Å². The van der Waals surface area contributed by atoms with Crippen molar-refractivity contribution in [2.75, 3.05) is 29.0 Å². The number of nitrogens with two attached hydrogens (primary N) is 1. The molecule has 2 aliphatic carbocycles. The number of hydrogen-bond acceptors (Lipinski definition) is 10. The Morgan fingerprint density at radius 2 is 1.64 bits per heavy atom. The zero-order valence-corrected chi connectivity index (χ0v) is 26.7. The zero-order valence-electron chi connectivity index (χ0n) is 25.0. The molecule has 0 bridgehead atoms. The first-order valence-electron chi connectivity index (χ1n) is 15.3. The Morgan fingerprint density at radius 3 is 2.34 bits per heavy atom. The van der Waals surface area contributed by atoms with Crippen LogP contribution in [0.4, 0.5) is 22.2 Å². The number of amides is 1. The van der Waals surface area contributed by atoms with E-state index in [1.807, 2.05) is 6.33 Å². The van der Waals surface area contributed by atoms with Gasteiger partial charge in [-0.15, -0.1) is 29.9 Å². The Morgan fingerprint density at radius 1 is 0.932 bits per heavy atom. The molecule has 12 nitrogen and oxygen atoms in total. The molecule has 3 aromatic rings. The quantitative estimate of drug-likeness (QED) is 0.224. The maximum atomic E-state index is 12.5. The van der Waals surface area contributed by atoms with Crippen molar-refractivity contribution in [3.8, 4) is 0 Å². The molecule has 6 rings (SSSR count). The first kappa shape index (κ1) is 33.7. The van der Waals surface area contributed by atoms with Gasteiger partial charge in [-0.2, -0.15) is 9.97 Å². The van der Waals surface area contributed by atoms with Crippen molar-refractivity contribution in [1.29, 1.82) is 0 Å². The lowest BCUT2D eigenvalue weighted by molar-refractivity contribution is -0.106. The van der Waals surface area contributed by atoms with Gasteiger partial charge in [-0.3, -0.25) is 10.1 Å². The van der Waals surface area contributed by atoms with Crippen molar-refractivity contribution >= 4 is 65.3 Å². The van der Waals surface area contributed by atoms with Crippen molar-refractivity contribution in [3.05, 3.63) is 36.2 Å². The molecule has 44 heavy (non-hydrogen) atoms. The molecule has 1 amide bonds. The number of hydroxylamine groups is 2. The highest BCUT2D eigenvalue weighted by atomic mass is 35.5. The van der Waals surface area contributed by atoms with Crippen LogP contribution in [-0.2, 0) is 4.84 Å². The highest BCUT2D eigenvalue weighted by Crippen LogP contribution is 2.34. The molecule has 1 aromatic carbocycles. The van der Waals surface area contributed by atoms with Gasteiger partial charge in [0.1, 0.15) is 0 Å². The summed E-state index contributed by atoms with van der Waals surface area (Å²) in [6.07, 6.45) is 11.7. The summed E-state index contributed by atoms with van der Waals surface area (Å²) in [5.74, 6) is 1.32. The minimum Gasteiger partial charge on any atom is -0.365 e. The molecule has 1 saturated heterocycles. The van der Waals surface area contributed by atoms with Gasteiger partial charge in [0.2, 0.25) is 5.95 Å². The van der Waals surface area contributed by atoms with E-state index in [9.17, 15) is 9.59 Å². The van der Waals surface area contributed by atoms with Crippen LogP contribution >= 0.6 is 24.8 Å². The first-order valence-corrected chi connectivity index (χ1v) is 15.3. The molecule has 3 fully saturated rings. The van der Waals surface area contributed by atoms with Gasteiger partial charge in [0, 0.05) is 48.5 Å². The van der Waals surface area contributed by atoms with Crippen molar-refractivity contribution in [2.45, 2.75) is 95.3 Å².